The molecule has 1 fully saturated rings. The molecule has 0 spiro atoms. The van der Waals surface area contributed by atoms with E-state index in [0.717, 1.165) is 31.0 Å². The molecule has 2 aromatic heterocycles. The second kappa shape index (κ2) is 6.64. The number of rotatable bonds is 4. The summed E-state index contributed by atoms with van der Waals surface area (Å²) in [5.74, 6) is -0.369. The van der Waals surface area contributed by atoms with Crippen LogP contribution in [0.2, 0.25) is 0 Å². The van der Waals surface area contributed by atoms with Crippen LogP contribution in [-0.2, 0) is 6.54 Å². The fourth-order valence-corrected chi connectivity index (χ4v) is 3.88. The Kier molecular flexibility index (Phi) is 4.32. The van der Waals surface area contributed by atoms with E-state index in [1.807, 2.05) is 13.8 Å². The van der Waals surface area contributed by atoms with Crippen LogP contribution >= 0.6 is 0 Å². The topological polar surface area (TPSA) is 57.1 Å². The lowest BCUT2D eigenvalue weighted by molar-refractivity contribution is -0.888. The van der Waals surface area contributed by atoms with E-state index in [4.69, 9.17) is 0 Å². The number of hydrogen-bond acceptors (Lipinski definition) is 3. The van der Waals surface area contributed by atoms with Gasteiger partial charge < -0.3 is 4.90 Å². The molecule has 26 heavy (non-hydrogen) atoms. The molecule has 1 saturated heterocycles. The molecule has 3 aromatic rings. The number of nitrogens with zero attached hydrogens (tertiary/aromatic N) is 4. The van der Waals surface area contributed by atoms with Gasteiger partial charge in [-0.15, -0.1) is 0 Å². The SMILES string of the molecule is Cc1nn(CC[NH+]2CCCC2)c(=O)c2nn(-c3ccccc3F)c(C)c12. The summed E-state index contributed by atoms with van der Waals surface area (Å²) in [5.41, 5.74) is 1.96. The number of para-hydroxylation sites is 1. The summed E-state index contributed by atoms with van der Waals surface area (Å²) < 4.78 is 17.2. The van der Waals surface area contributed by atoms with E-state index < -0.39 is 0 Å². The molecule has 4 rings (SSSR count). The molecule has 0 atom stereocenters. The first kappa shape index (κ1) is 16.9. The Balaban J connectivity index is 1.78. The van der Waals surface area contributed by atoms with Gasteiger partial charge >= 0.3 is 0 Å². The molecule has 7 heteroatoms. The summed E-state index contributed by atoms with van der Waals surface area (Å²) in [7, 11) is 0. The Labute approximate surface area is 150 Å². The number of aryl methyl sites for hydroxylation is 2. The molecular formula is C19H23FN5O+. The van der Waals surface area contributed by atoms with Crippen LogP contribution in [0, 0.1) is 19.7 Å². The van der Waals surface area contributed by atoms with Crippen molar-refractivity contribution in [2.24, 2.45) is 0 Å². The number of aromatic nitrogens is 4. The number of benzene rings is 1. The van der Waals surface area contributed by atoms with E-state index in [-0.39, 0.29) is 11.4 Å². The maximum atomic E-state index is 14.2. The van der Waals surface area contributed by atoms with Crippen molar-refractivity contribution in [3.63, 3.8) is 0 Å². The smallest absolute Gasteiger partial charge is 0.295 e. The second-order valence-corrected chi connectivity index (χ2v) is 6.99. The number of halogens is 1. The number of nitrogens with one attached hydrogen (secondary N) is 1. The number of fused-ring (bicyclic) bond motifs is 1. The van der Waals surface area contributed by atoms with E-state index in [1.54, 1.807) is 18.2 Å². The third-order valence-electron chi connectivity index (χ3n) is 5.25. The van der Waals surface area contributed by atoms with Crippen LogP contribution in [0.15, 0.2) is 29.1 Å². The van der Waals surface area contributed by atoms with Crippen LogP contribution in [0.4, 0.5) is 4.39 Å². The molecule has 6 nitrogen and oxygen atoms in total. The normalized spacial score (nSPS) is 15.2. The molecule has 136 valence electrons. The third-order valence-corrected chi connectivity index (χ3v) is 5.25. The molecule has 0 aliphatic carbocycles. The molecule has 1 N–H and O–H groups in total. The first-order valence-corrected chi connectivity index (χ1v) is 9.12. The molecule has 0 radical (unpaired) electrons. The van der Waals surface area contributed by atoms with Crippen molar-refractivity contribution < 1.29 is 9.29 Å². The Morgan fingerprint density at radius 3 is 2.62 bits per heavy atom. The first-order valence-electron chi connectivity index (χ1n) is 9.12. The maximum Gasteiger partial charge on any atom is 0.295 e. The van der Waals surface area contributed by atoms with Crippen LogP contribution in [-0.4, -0.2) is 39.2 Å². The minimum Gasteiger partial charge on any atom is -0.333 e. The van der Waals surface area contributed by atoms with Gasteiger partial charge in [-0.25, -0.2) is 13.8 Å². The van der Waals surface area contributed by atoms with Gasteiger partial charge in [-0.1, -0.05) is 12.1 Å². The van der Waals surface area contributed by atoms with Gasteiger partial charge in [0.05, 0.1) is 43.0 Å². The van der Waals surface area contributed by atoms with Crippen LogP contribution < -0.4 is 10.5 Å². The van der Waals surface area contributed by atoms with Crippen LogP contribution in [0.25, 0.3) is 16.6 Å². The van der Waals surface area contributed by atoms with Gasteiger partial charge in [0.25, 0.3) is 5.56 Å². The highest BCUT2D eigenvalue weighted by Crippen LogP contribution is 2.22. The van der Waals surface area contributed by atoms with Crippen molar-refractivity contribution in [3.05, 3.63) is 51.8 Å². The van der Waals surface area contributed by atoms with Gasteiger partial charge in [0.1, 0.15) is 11.5 Å². The molecule has 0 bridgehead atoms. The molecule has 1 aliphatic rings. The summed E-state index contributed by atoms with van der Waals surface area (Å²) in [5, 5.41) is 9.65. The van der Waals surface area contributed by atoms with Gasteiger partial charge in [-0.3, -0.25) is 4.79 Å². The minimum absolute atomic E-state index is 0.206. The van der Waals surface area contributed by atoms with Crippen LogP contribution in [0.3, 0.4) is 0 Å². The monoisotopic (exact) mass is 356 g/mol. The van der Waals surface area contributed by atoms with Gasteiger partial charge in [-0.05, 0) is 26.0 Å². The zero-order chi connectivity index (χ0) is 18.3. The number of likely N-dealkylation sites (tertiary alicyclic amines) is 1. The van der Waals surface area contributed by atoms with Crippen molar-refractivity contribution >= 4 is 10.9 Å². The van der Waals surface area contributed by atoms with Crippen LogP contribution in [0.1, 0.15) is 24.2 Å². The van der Waals surface area contributed by atoms with Gasteiger partial charge in [0, 0.05) is 12.8 Å². The summed E-state index contributed by atoms with van der Waals surface area (Å²) in [6.07, 6.45) is 2.50. The fraction of sp³-hybridized carbons (Fsp3) is 0.421. The highest BCUT2D eigenvalue weighted by atomic mass is 19.1. The highest BCUT2D eigenvalue weighted by Gasteiger charge is 2.20. The average Bonchev–Trinajstić information content (AvgIpc) is 3.26. The summed E-state index contributed by atoms with van der Waals surface area (Å²) >= 11 is 0. The van der Waals surface area contributed by atoms with E-state index in [9.17, 15) is 9.18 Å². The predicted octanol–water partition coefficient (Wildman–Crippen LogP) is 1.02. The largest absolute Gasteiger partial charge is 0.333 e. The van der Waals surface area contributed by atoms with Gasteiger partial charge in [0.15, 0.2) is 5.52 Å². The molecule has 1 aliphatic heterocycles. The molecule has 0 amide bonds. The fourth-order valence-electron chi connectivity index (χ4n) is 3.88. The zero-order valence-corrected chi connectivity index (χ0v) is 15.1. The first-order chi connectivity index (χ1) is 12.6. The number of hydrogen-bond donors (Lipinski definition) is 1. The molecule has 0 saturated carbocycles. The van der Waals surface area contributed by atoms with E-state index in [0.29, 0.717) is 23.1 Å². The summed E-state index contributed by atoms with van der Waals surface area (Å²) in [6, 6.07) is 6.44. The predicted molar refractivity (Wildman–Crippen MR) is 97.4 cm³/mol. The Hall–Kier alpha value is -2.54. The van der Waals surface area contributed by atoms with Crippen LogP contribution in [0.5, 0.6) is 0 Å². The Bertz CT molecular complexity index is 1020. The minimum atomic E-state index is -0.369. The van der Waals surface area contributed by atoms with Crippen molar-refractivity contribution in [1.82, 2.24) is 19.6 Å². The Morgan fingerprint density at radius 2 is 1.88 bits per heavy atom. The van der Waals surface area contributed by atoms with Gasteiger partial charge in [-0.2, -0.15) is 10.2 Å². The maximum absolute atomic E-state index is 14.2. The molecule has 0 unspecified atom stereocenters. The van der Waals surface area contributed by atoms with E-state index >= 15 is 0 Å². The summed E-state index contributed by atoms with van der Waals surface area (Å²) in [6.45, 7) is 7.52. The molecule has 3 heterocycles. The third kappa shape index (κ3) is 2.82. The Morgan fingerprint density at radius 1 is 1.15 bits per heavy atom. The lowest BCUT2D eigenvalue weighted by Crippen LogP contribution is -3.10. The lowest BCUT2D eigenvalue weighted by Gasteiger charge is -2.12. The van der Waals surface area contributed by atoms with Crippen molar-refractivity contribution in [3.8, 4) is 5.69 Å². The van der Waals surface area contributed by atoms with E-state index in [2.05, 4.69) is 10.2 Å². The van der Waals surface area contributed by atoms with Crippen molar-refractivity contribution in [2.45, 2.75) is 33.2 Å². The van der Waals surface area contributed by atoms with E-state index in [1.165, 1.54) is 33.2 Å². The average molecular weight is 356 g/mol. The molecular weight excluding hydrogens is 333 g/mol. The molecule has 1 aromatic carbocycles. The zero-order valence-electron chi connectivity index (χ0n) is 15.1. The second-order valence-electron chi connectivity index (χ2n) is 6.99. The van der Waals surface area contributed by atoms with Crippen molar-refractivity contribution in [2.75, 3.05) is 19.6 Å². The lowest BCUT2D eigenvalue weighted by atomic mass is 10.2. The highest BCUT2D eigenvalue weighted by molar-refractivity contribution is 5.83. The quantitative estimate of drug-likeness (QED) is 0.759. The van der Waals surface area contributed by atoms with Gasteiger partial charge in [0.2, 0.25) is 0 Å². The van der Waals surface area contributed by atoms with Crippen molar-refractivity contribution in [1.29, 1.82) is 0 Å². The standard InChI is InChI=1S/C19H22FN5O/c1-13-17-14(2)25(16-8-4-3-7-15(16)20)22-18(17)19(26)24(21-13)12-11-23-9-5-6-10-23/h3-4,7-8H,5-6,9-12H2,1-2H3/p+1. The summed E-state index contributed by atoms with van der Waals surface area (Å²) in [4.78, 5) is 14.4. The number of quaternary nitrogens is 1.